The second-order valence-corrected chi connectivity index (χ2v) is 6.17. The molecule has 0 rings (SSSR count). The Morgan fingerprint density at radius 1 is 0.833 bits per heavy atom. The van der Waals surface area contributed by atoms with Crippen LogP contribution >= 0.6 is 0 Å². The van der Waals surface area contributed by atoms with Crippen LogP contribution in [0, 0.1) is 0 Å². The fraction of sp³-hybridized carbons (Fsp3) is 1.00. The summed E-state index contributed by atoms with van der Waals surface area (Å²) in [4.78, 5) is 0. The lowest BCUT2D eigenvalue weighted by atomic mass is 10.1. The lowest BCUT2D eigenvalue weighted by Crippen LogP contribution is -2.29. The zero-order valence-electron chi connectivity index (χ0n) is 12.1. The Balaban J connectivity index is 3.32. The summed E-state index contributed by atoms with van der Waals surface area (Å²) in [6, 6.07) is 0. The van der Waals surface area contributed by atoms with Gasteiger partial charge in [-0.1, -0.05) is 71.6 Å². The molecule has 0 aliphatic heterocycles. The van der Waals surface area contributed by atoms with E-state index < -0.39 is 10.7 Å². The number of hydrogen-bond donors (Lipinski definition) is 2. The summed E-state index contributed by atoms with van der Waals surface area (Å²) in [5.74, 6) is 0. The molecule has 0 saturated heterocycles. The van der Waals surface area contributed by atoms with Crippen molar-refractivity contribution in [3.05, 3.63) is 0 Å². The van der Waals surface area contributed by atoms with E-state index in [2.05, 4.69) is 12.2 Å². The first-order valence-corrected chi connectivity index (χ1v) is 8.83. The highest BCUT2D eigenvalue weighted by Crippen LogP contribution is 2.11. The normalized spacial score (nSPS) is 13.1. The Morgan fingerprint density at radius 3 is 1.78 bits per heavy atom. The van der Waals surface area contributed by atoms with E-state index in [1.807, 2.05) is 6.92 Å². The Morgan fingerprint density at radius 2 is 1.33 bits per heavy atom. The van der Waals surface area contributed by atoms with Gasteiger partial charge in [0, 0.05) is 0 Å². The molecule has 0 amide bonds. The van der Waals surface area contributed by atoms with E-state index in [9.17, 15) is 8.42 Å². The van der Waals surface area contributed by atoms with Crippen LogP contribution in [-0.4, -0.2) is 20.3 Å². The highest BCUT2D eigenvalue weighted by molar-refractivity contribution is 7.73. The highest BCUT2D eigenvalue weighted by atomic mass is 32.2. The quantitative estimate of drug-likeness (QED) is 0.400. The van der Waals surface area contributed by atoms with Gasteiger partial charge in [-0.3, -0.25) is 0 Å². The van der Waals surface area contributed by atoms with Gasteiger partial charge < -0.3 is 5.32 Å². The van der Waals surface area contributed by atoms with Gasteiger partial charge in [0.2, 0.25) is 0 Å². The molecule has 0 aromatic carbocycles. The second-order valence-electron chi connectivity index (χ2n) is 4.98. The summed E-state index contributed by atoms with van der Waals surface area (Å²) in [6.45, 7) is 4.91. The summed E-state index contributed by atoms with van der Waals surface area (Å²) in [7, 11) is -2.32. The minimum absolute atomic E-state index is 0.311. The van der Waals surface area contributed by atoms with Crippen LogP contribution in [-0.2, 0) is 10.7 Å². The first-order valence-electron chi connectivity index (χ1n) is 7.59. The third-order valence-corrected chi connectivity index (χ3v) is 4.23. The van der Waals surface area contributed by atoms with Crippen LogP contribution in [0.3, 0.4) is 0 Å². The molecule has 0 fully saturated rings. The molecule has 0 saturated carbocycles. The monoisotopic (exact) mass is 277 g/mol. The minimum Gasteiger partial charge on any atom is -0.302 e. The molecular weight excluding hydrogens is 246 g/mol. The van der Waals surface area contributed by atoms with Crippen LogP contribution in [0.1, 0.15) is 78.1 Å². The van der Waals surface area contributed by atoms with Gasteiger partial charge in [0.15, 0.2) is 10.7 Å². The van der Waals surface area contributed by atoms with Crippen molar-refractivity contribution in [2.75, 3.05) is 6.54 Å². The molecule has 1 unspecified atom stereocenters. The molecule has 110 valence electrons. The first-order chi connectivity index (χ1) is 8.72. The van der Waals surface area contributed by atoms with Crippen LogP contribution < -0.4 is 5.32 Å². The summed E-state index contributed by atoms with van der Waals surface area (Å²) in [5.41, 5.74) is 0. The zero-order chi connectivity index (χ0) is 13.6. The fourth-order valence-corrected chi connectivity index (χ4v) is 2.89. The van der Waals surface area contributed by atoms with Crippen molar-refractivity contribution in [3.8, 4) is 0 Å². The summed E-state index contributed by atoms with van der Waals surface area (Å²) in [5, 5.41) is 2.70. The zero-order valence-corrected chi connectivity index (χ0v) is 13.0. The summed E-state index contributed by atoms with van der Waals surface area (Å²) >= 11 is 0. The molecule has 0 aliphatic rings. The van der Waals surface area contributed by atoms with E-state index in [1.165, 1.54) is 51.4 Å². The van der Waals surface area contributed by atoms with E-state index in [0.29, 0.717) is 0 Å². The van der Waals surface area contributed by atoms with Crippen molar-refractivity contribution in [3.63, 3.8) is 0 Å². The lowest BCUT2D eigenvalue weighted by Gasteiger charge is -2.10. The number of unbranched alkanes of at least 4 members (excludes halogenated alkanes) is 8. The molecule has 0 aromatic heterocycles. The van der Waals surface area contributed by atoms with Gasteiger partial charge in [0.05, 0.1) is 0 Å². The molecule has 0 radical (unpaired) electrons. The smallest absolute Gasteiger partial charge is 0.156 e. The van der Waals surface area contributed by atoms with Crippen molar-refractivity contribution in [2.24, 2.45) is 0 Å². The van der Waals surface area contributed by atoms with Gasteiger partial charge in [-0.2, -0.15) is 0 Å². The SMILES string of the molecule is CCCCCCCCCCCC(NCC)[SH](=O)=O. The molecular formula is C14H31NO2S. The Labute approximate surface area is 115 Å². The van der Waals surface area contributed by atoms with Gasteiger partial charge in [-0.15, -0.1) is 0 Å². The van der Waals surface area contributed by atoms with Crippen LogP contribution in [0.2, 0.25) is 0 Å². The topological polar surface area (TPSA) is 46.2 Å². The summed E-state index contributed by atoms with van der Waals surface area (Å²) < 4.78 is 21.9. The standard InChI is InChI=1S/C14H31NO2S/c1-3-5-6-7-8-9-10-11-12-13-14(15-4-2)18(16)17/h14-15,18H,3-13H2,1-2H3. The van der Waals surface area contributed by atoms with E-state index >= 15 is 0 Å². The highest BCUT2D eigenvalue weighted by Gasteiger charge is 2.08. The van der Waals surface area contributed by atoms with Crippen LogP contribution in [0.25, 0.3) is 0 Å². The second kappa shape index (κ2) is 13.3. The number of thiol groups is 1. The number of rotatable bonds is 13. The maximum atomic E-state index is 10.9. The number of hydrogen-bond acceptors (Lipinski definition) is 3. The summed E-state index contributed by atoms with van der Waals surface area (Å²) in [6.07, 6.45) is 12.2. The first kappa shape index (κ1) is 17.9. The van der Waals surface area contributed by atoms with E-state index in [0.717, 1.165) is 19.4 Å². The van der Waals surface area contributed by atoms with Gasteiger partial charge in [0.1, 0.15) is 5.37 Å². The maximum absolute atomic E-state index is 10.9. The van der Waals surface area contributed by atoms with Crippen molar-refractivity contribution in [1.29, 1.82) is 0 Å². The predicted molar refractivity (Wildman–Crippen MR) is 79.6 cm³/mol. The average molecular weight is 277 g/mol. The van der Waals surface area contributed by atoms with E-state index in [-0.39, 0.29) is 5.37 Å². The lowest BCUT2D eigenvalue weighted by molar-refractivity contribution is 0.516. The molecule has 1 N–H and O–H groups in total. The van der Waals surface area contributed by atoms with Crippen molar-refractivity contribution in [2.45, 2.75) is 83.4 Å². The average Bonchev–Trinajstić information content (AvgIpc) is 2.35. The van der Waals surface area contributed by atoms with Crippen molar-refractivity contribution >= 4 is 10.7 Å². The van der Waals surface area contributed by atoms with Crippen LogP contribution in [0.15, 0.2) is 0 Å². The Bertz CT molecular complexity index is 234. The van der Waals surface area contributed by atoms with Crippen LogP contribution in [0.4, 0.5) is 0 Å². The molecule has 1 atom stereocenters. The largest absolute Gasteiger partial charge is 0.302 e. The molecule has 3 nitrogen and oxygen atoms in total. The third kappa shape index (κ3) is 11.0. The van der Waals surface area contributed by atoms with Gasteiger partial charge in [-0.05, 0) is 13.0 Å². The van der Waals surface area contributed by atoms with Crippen LogP contribution in [0.5, 0.6) is 0 Å². The predicted octanol–water partition coefficient (Wildman–Crippen LogP) is 3.45. The van der Waals surface area contributed by atoms with Crippen molar-refractivity contribution in [1.82, 2.24) is 5.32 Å². The minimum atomic E-state index is -2.32. The Hall–Kier alpha value is -0.0900. The molecule has 0 bridgehead atoms. The molecule has 4 heteroatoms. The van der Waals surface area contributed by atoms with Gasteiger partial charge in [-0.25, -0.2) is 8.42 Å². The molecule has 0 aliphatic carbocycles. The maximum Gasteiger partial charge on any atom is 0.156 e. The third-order valence-electron chi connectivity index (χ3n) is 3.28. The van der Waals surface area contributed by atoms with E-state index in [1.54, 1.807) is 0 Å². The van der Waals surface area contributed by atoms with E-state index in [4.69, 9.17) is 0 Å². The van der Waals surface area contributed by atoms with Crippen molar-refractivity contribution < 1.29 is 8.42 Å². The van der Waals surface area contributed by atoms with Gasteiger partial charge in [0.25, 0.3) is 0 Å². The molecule has 0 spiro atoms. The molecule has 18 heavy (non-hydrogen) atoms. The number of nitrogens with one attached hydrogen (secondary N) is 1. The van der Waals surface area contributed by atoms with Gasteiger partial charge >= 0.3 is 0 Å². The fourth-order valence-electron chi connectivity index (χ4n) is 2.17. The molecule has 0 aromatic rings. The molecule has 0 heterocycles. The Kier molecular flexibility index (Phi) is 13.3.